The highest BCUT2D eigenvalue weighted by Gasteiger charge is 2.09. The van der Waals surface area contributed by atoms with Crippen LogP contribution in [0, 0.1) is 0 Å². The fraction of sp³-hybridized carbons (Fsp3) is 0.300. The average molecular weight is 194 g/mol. The number of hydrogen-bond donors (Lipinski definition) is 2. The molecule has 0 radical (unpaired) electrons. The van der Waals surface area contributed by atoms with Crippen molar-refractivity contribution in [1.29, 1.82) is 0 Å². The van der Waals surface area contributed by atoms with E-state index in [1.807, 2.05) is 13.0 Å². The zero-order valence-corrected chi connectivity index (χ0v) is 8.32. The molecule has 0 saturated carbocycles. The molecule has 1 aromatic carbocycles. The predicted molar refractivity (Wildman–Crippen MR) is 56.7 cm³/mol. The molecule has 4 heteroatoms. The normalized spacial score (nSPS) is 9.86. The van der Waals surface area contributed by atoms with Crippen LogP contribution in [0.4, 0.5) is 16.2 Å². The molecule has 1 amide bonds. The minimum absolute atomic E-state index is 0.590. The largest absolute Gasteiger partial charge is 0.465 e. The van der Waals surface area contributed by atoms with E-state index in [0.717, 1.165) is 16.9 Å². The molecule has 0 heterocycles. The molecule has 0 atom stereocenters. The lowest BCUT2D eigenvalue weighted by Gasteiger charge is -2.14. The lowest BCUT2D eigenvalue weighted by Crippen LogP contribution is -2.23. The van der Waals surface area contributed by atoms with Crippen molar-refractivity contribution in [2.75, 3.05) is 17.7 Å². The molecule has 0 spiro atoms. The molecule has 76 valence electrons. The standard InChI is InChI=1S/C10H14N2O2/c1-3-7-4-5-8(6-9(7)11)12(2)10(13)14/h4-6H,3,11H2,1-2H3,(H,13,14). The van der Waals surface area contributed by atoms with E-state index < -0.39 is 6.09 Å². The summed E-state index contributed by atoms with van der Waals surface area (Å²) in [5, 5.41) is 8.74. The third-order valence-corrected chi connectivity index (χ3v) is 2.18. The minimum atomic E-state index is -0.992. The number of carbonyl (C=O) groups is 1. The molecule has 0 aliphatic rings. The van der Waals surface area contributed by atoms with Crippen LogP contribution in [-0.2, 0) is 6.42 Å². The van der Waals surface area contributed by atoms with E-state index in [0.29, 0.717) is 11.4 Å². The van der Waals surface area contributed by atoms with Gasteiger partial charge in [-0.05, 0) is 24.1 Å². The summed E-state index contributed by atoms with van der Waals surface area (Å²) in [4.78, 5) is 11.8. The van der Waals surface area contributed by atoms with Crippen LogP contribution in [0.15, 0.2) is 18.2 Å². The molecule has 1 aromatic rings. The van der Waals surface area contributed by atoms with Crippen molar-refractivity contribution >= 4 is 17.5 Å². The molecular weight excluding hydrogens is 180 g/mol. The Morgan fingerprint density at radius 1 is 1.57 bits per heavy atom. The summed E-state index contributed by atoms with van der Waals surface area (Å²) < 4.78 is 0. The highest BCUT2D eigenvalue weighted by molar-refractivity contribution is 5.86. The second-order valence-corrected chi connectivity index (χ2v) is 3.08. The first-order chi connectivity index (χ1) is 6.56. The Balaban J connectivity index is 3.02. The van der Waals surface area contributed by atoms with Gasteiger partial charge in [0.25, 0.3) is 0 Å². The number of nitrogen functional groups attached to an aromatic ring is 1. The van der Waals surface area contributed by atoms with Gasteiger partial charge in [0.15, 0.2) is 0 Å². The van der Waals surface area contributed by atoms with Gasteiger partial charge in [-0.25, -0.2) is 4.79 Å². The molecule has 0 unspecified atom stereocenters. The number of benzene rings is 1. The Labute approximate surface area is 82.9 Å². The molecule has 0 aliphatic carbocycles. The average Bonchev–Trinajstić information content (AvgIpc) is 2.16. The lowest BCUT2D eigenvalue weighted by molar-refractivity contribution is 0.203. The summed E-state index contributed by atoms with van der Waals surface area (Å²) in [5.74, 6) is 0. The van der Waals surface area contributed by atoms with Gasteiger partial charge >= 0.3 is 6.09 Å². The van der Waals surface area contributed by atoms with Crippen LogP contribution in [0.1, 0.15) is 12.5 Å². The number of amides is 1. The first kappa shape index (κ1) is 10.4. The Morgan fingerprint density at radius 2 is 2.21 bits per heavy atom. The van der Waals surface area contributed by atoms with Gasteiger partial charge in [0.1, 0.15) is 0 Å². The molecule has 0 aromatic heterocycles. The fourth-order valence-corrected chi connectivity index (χ4v) is 1.22. The van der Waals surface area contributed by atoms with E-state index in [4.69, 9.17) is 10.8 Å². The number of anilines is 2. The Morgan fingerprint density at radius 3 is 2.64 bits per heavy atom. The van der Waals surface area contributed by atoms with Crippen molar-refractivity contribution in [3.63, 3.8) is 0 Å². The third-order valence-electron chi connectivity index (χ3n) is 2.18. The number of hydrogen-bond acceptors (Lipinski definition) is 2. The number of nitrogens with zero attached hydrogens (tertiary/aromatic N) is 1. The van der Waals surface area contributed by atoms with Crippen molar-refractivity contribution in [3.8, 4) is 0 Å². The third kappa shape index (κ3) is 1.96. The first-order valence-corrected chi connectivity index (χ1v) is 4.41. The van der Waals surface area contributed by atoms with E-state index >= 15 is 0 Å². The van der Waals surface area contributed by atoms with Gasteiger partial charge in [-0.15, -0.1) is 0 Å². The second kappa shape index (κ2) is 4.00. The van der Waals surface area contributed by atoms with Crippen molar-refractivity contribution in [1.82, 2.24) is 0 Å². The Bertz CT molecular complexity index is 350. The number of rotatable bonds is 2. The Hall–Kier alpha value is -1.71. The Kier molecular flexibility index (Phi) is 2.96. The van der Waals surface area contributed by atoms with Crippen molar-refractivity contribution in [2.45, 2.75) is 13.3 Å². The van der Waals surface area contributed by atoms with Gasteiger partial charge in [-0.1, -0.05) is 13.0 Å². The summed E-state index contributed by atoms with van der Waals surface area (Å²) in [6.45, 7) is 2.01. The highest BCUT2D eigenvalue weighted by Crippen LogP contribution is 2.20. The van der Waals surface area contributed by atoms with Crippen molar-refractivity contribution in [2.24, 2.45) is 0 Å². The molecular formula is C10H14N2O2. The van der Waals surface area contributed by atoms with Crippen LogP contribution in [0.2, 0.25) is 0 Å². The first-order valence-electron chi connectivity index (χ1n) is 4.41. The molecule has 1 rings (SSSR count). The molecule has 14 heavy (non-hydrogen) atoms. The van der Waals surface area contributed by atoms with Gasteiger partial charge in [0, 0.05) is 18.4 Å². The summed E-state index contributed by atoms with van der Waals surface area (Å²) in [6, 6.07) is 5.28. The number of carboxylic acid groups (broad SMARTS) is 1. The van der Waals surface area contributed by atoms with E-state index in [2.05, 4.69) is 0 Å². The van der Waals surface area contributed by atoms with E-state index in [1.54, 1.807) is 12.1 Å². The monoisotopic (exact) mass is 194 g/mol. The van der Waals surface area contributed by atoms with E-state index in [9.17, 15) is 4.79 Å². The summed E-state index contributed by atoms with van der Waals surface area (Å²) in [5.41, 5.74) is 8.01. The van der Waals surface area contributed by atoms with Crippen LogP contribution in [0.25, 0.3) is 0 Å². The SMILES string of the molecule is CCc1ccc(N(C)C(=O)O)cc1N. The number of aryl methyl sites for hydroxylation is 1. The topological polar surface area (TPSA) is 66.6 Å². The second-order valence-electron chi connectivity index (χ2n) is 3.08. The summed E-state index contributed by atoms with van der Waals surface area (Å²) >= 11 is 0. The van der Waals surface area contributed by atoms with Crippen LogP contribution in [0.5, 0.6) is 0 Å². The van der Waals surface area contributed by atoms with Crippen molar-refractivity contribution < 1.29 is 9.90 Å². The quantitative estimate of drug-likeness (QED) is 0.707. The van der Waals surface area contributed by atoms with Crippen LogP contribution in [-0.4, -0.2) is 18.2 Å². The maximum absolute atomic E-state index is 10.7. The number of nitrogens with two attached hydrogens (primary N) is 1. The lowest BCUT2D eigenvalue weighted by atomic mass is 10.1. The molecule has 4 nitrogen and oxygen atoms in total. The van der Waals surface area contributed by atoms with Gasteiger partial charge in [-0.2, -0.15) is 0 Å². The van der Waals surface area contributed by atoms with E-state index in [1.165, 1.54) is 7.05 Å². The molecule has 3 N–H and O–H groups in total. The summed E-state index contributed by atoms with van der Waals surface area (Å²) in [7, 11) is 1.49. The van der Waals surface area contributed by atoms with E-state index in [-0.39, 0.29) is 0 Å². The highest BCUT2D eigenvalue weighted by atomic mass is 16.4. The minimum Gasteiger partial charge on any atom is -0.465 e. The summed E-state index contributed by atoms with van der Waals surface area (Å²) in [6.07, 6.45) is -0.142. The van der Waals surface area contributed by atoms with Crippen LogP contribution < -0.4 is 10.6 Å². The maximum atomic E-state index is 10.7. The molecule has 0 bridgehead atoms. The van der Waals surface area contributed by atoms with Crippen LogP contribution >= 0.6 is 0 Å². The predicted octanol–water partition coefficient (Wildman–Crippen LogP) is 1.95. The zero-order chi connectivity index (χ0) is 10.7. The van der Waals surface area contributed by atoms with Crippen LogP contribution in [0.3, 0.4) is 0 Å². The molecule has 0 aliphatic heterocycles. The van der Waals surface area contributed by atoms with Gasteiger partial charge in [0.2, 0.25) is 0 Å². The van der Waals surface area contributed by atoms with Gasteiger partial charge < -0.3 is 10.8 Å². The van der Waals surface area contributed by atoms with Gasteiger partial charge in [0.05, 0.1) is 0 Å². The zero-order valence-electron chi connectivity index (χ0n) is 8.32. The van der Waals surface area contributed by atoms with Crippen molar-refractivity contribution in [3.05, 3.63) is 23.8 Å². The molecule has 0 fully saturated rings. The fourth-order valence-electron chi connectivity index (χ4n) is 1.22. The maximum Gasteiger partial charge on any atom is 0.411 e. The smallest absolute Gasteiger partial charge is 0.411 e. The molecule has 0 saturated heterocycles. The van der Waals surface area contributed by atoms with Gasteiger partial charge in [-0.3, -0.25) is 4.90 Å².